The molecule has 2 aromatic rings. The Hall–Kier alpha value is -2.12. The maximum absolute atomic E-state index is 14.2. The first-order chi connectivity index (χ1) is 11.7. The van der Waals surface area contributed by atoms with Crippen LogP contribution in [0.5, 0.6) is 17.2 Å². The first-order valence-electron chi connectivity index (χ1n) is 6.84. The molecule has 0 aliphatic carbocycles. The molecule has 1 aliphatic rings. The third kappa shape index (κ3) is 3.34. The van der Waals surface area contributed by atoms with Crippen LogP contribution in [-0.2, 0) is 0 Å². The minimum atomic E-state index is -4.60. The number of nitrogen functional groups attached to an aromatic ring is 1. The average molecular weight is 394 g/mol. The van der Waals surface area contributed by atoms with Gasteiger partial charge >= 0.3 is 6.18 Å². The summed E-state index contributed by atoms with van der Waals surface area (Å²) in [5.41, 5.74) is 5.69. The molecule has 3 rings (SSSR count). The average Bonchev–Trinajstić information content (AvgIpc) is 2.56. The van der Waals surface area contributed by atoms with Gasteiger partial charge in [0.2, 0.25) is 6.10 Å². The Kier molecular flexibility index (Phi) is 4.47. The van der Waals surface area contributed by atoms with Crippen LogP contribution < -0.4 is 15.2 Å². The van der Waals surface area contributed by atoms with Crippen LogP contribution in [-0.4, -0.2) is 12.3 Å². The van der Waals surface area contributed by atoms with Crippen molar-refractivity contribution in [1.29, 1.82) is 0 Å². The third-order valence-electron chi connectivity index (χ3n) is 3.41. The van der Waals surface area contributed by atoms with Crippen molar-refractivity contribution < 1.29 is 27.0 Å². The lowest BCUT2D eigenvalue weighted by Crippen LogP contribution is -2.33. The number of ether oxygens (including phenoxy) is 2. The van der Waals surface area contributed by atoms with E-state index < -0.39 is 23.1 Å². The summed E-state index contributed by atoms with van der Waals surface area (Å²) in [6.45, 7) is 0. The Morgan fingerprint density at radius 3 is 2.56 bits per heavy atom. The SMILES string of the molecule is Nc1c(Cl)cc(Oc2cccc3c2OC(C(F)(F)F)C=C3)c(F)c1Cl. The van der Waals surface area contributed by atoms with E-state index in [4.69, 9.17) is 38.4 Å². The van der Waals surface area contributed by atoms with Crippen LogP contribution in [0.1, 0.15) is 5.56 Å². The number of hydrogen-bond donors (Lipinski definition) is 1. The molecule has 2 aromatic carbocycles. The number of nitrogens with two attached hydrogens (primary N) is 1. The van der Waals surface area contributed by atoms with E-state index in [1.54, 1.807) is 0 Å². The van der Waals surface area contributed by atoms with Crippen molar-refractivity contribution in [2.75, 3.05) is 5.73 Å². The van der Waals surface area contributed by atoms with Gasteiger partial charge in [-0.05, 0) is 12.1 Å². The topological polar surface area (TPSA) is 44.5 Å². The number of alkyl halides is 3. The summed E-state index contributed by atoms with van der Waals surface area (Å²) in [7, 11) is 0. The van der Waals surface area contributed by atoms with Crippen molar-refractivity contribution in [2.24, 2.45) is 0 Å². The summed E-state index contributed by atoms with van der Waals surface area (Å²) in [5, 5.41) is -0.499. The van der Waals surface area contributed by atoms with E-state index in [0.717, 1.165) is 12.1 Å². The van der Waals surface area contributed by atoms with Gasteiger partial charge in [0.05, 0.1) is 10.7 Å². The Morgan fingerprint density at radius 1 is 1.16 bits per heavy atom. The molecule has 9 heteroatoms. The summed E-state index contributed by atoms with van der Waals surface area (Å²) in [6.07, 6.45) is -4.60. The predicted octanol–water partition coefficient (Wildman–Crippen LogP) is 5.84. The first kappa shape index (κ1) is 17.7. The summed E-state index contributed by atoms with van der Waals surface area (Å²) in [4.78, 5) is 0. The molecule has 25 heavy (non-hydrogen) atoms. The van der Waals surface area contributed by atoms with Crippen molar-refractivity contribution in [3.05, 3.63) is 51.8 Å². The predicted molar refractivity (Wildman–Crippen MR) is 86.9 cm³/mol. The molecule has 0 saturated heterocycles. The van der Waals surface area contributed by atoms with Gasteiger partial charge in [-0.1, -0.05) is 41.4 Å². The quantitative estimate of drug-likeness (QED) is 0.395. The van der Waals surface area contributed by atoms with E-state index in [2.05, 4.69) is 0 Å². The summed E-state index contributed by atoms with van der Waals surface area (Å²) < 4.78 is 63.2. The van der Waals surface area contributed by atoms with Crippen LogP contribution in [0.15, 0.2) is 30.3 Å². The standard InChI is InChI=1S/C16H9Cl2F4NO2/c17-8-6-10(13(19)12(18)14(8)23)24-9-3-1-2-7-4-5-11(16(20,21)22)25-15(7)9/h1-6,11H,23H2. The van der Waals surface area contributed by atoms with Crippen LogP contribution in [0.3, 0.4) is 0 Å². The fourth-order valence-electron chi connectivity index (χ4n) is 2.18. The Morgan fingerprint density at radius 2 is 1.88 bits per heavy atom. The van der Waals surface area contributed by atoms with Gasteiger partial charge in [-0.3, -0.25) is 0 Å². The van der Waals surface area contributed by atoms with Gasteiger partial charge < -0.3 is 15.2 Å². The van der Waals surface area contributed by atoms with E-state index in [9.17, 15) is 17.6 Å². The molecule has 2 N–H and O–H groups in total. The lowest BCUT2D eigenvalue weighted by molar-refractivity contribution is -0.180. The highest BCUT2D eigenvalue weighted by Crippen LogP contribution is 2.43. The number of para-hydroxylation sites is 1. The Labute approximate surface area is 149 Å². The fourth-order valence-corrected chi connectivity index (χ4v) is 2.62. The van der Waals surface area contributed by atoms with Gasteiger partial charge in [-0.15, -0.1) is 0 Å². The van der Waals surface area contributed by atoms with E-state index >= 15 is 0 Å². The molecular weight excluding hydrogens is 385 g/mol. The molecule has 0 saturated carbocycles. The molecule has 0 aromatic heterocycles. The zero-order chi connectivity index (χ0) is 18.4. The minimum Gasteiger partial charge on any atom is -0.472 e. The number of hydrogen-bond acceptors (Lipinski definition) is 3. The molecule has 0 radical (unpaired) electrons. The van der Waals surface area contributed by atoms with E-state index in [1.807, 2.05) is 0 Å². The molecular formula is C16H9Cl2F4NO2. The molecule has 1 atom stereocenters. The van der Waals surface area contributed by atoms with Crippen LogP contribution in [0.2, 0.25) is 10.0 Å². The fraction of sp³-hybridized carbons (Fsp3) is 0.125. The van der Waals surface area contributed by atoms with Crippen LogP contribution >= 0.6 is 23.2 Å². The van der Waals surface area contributed by atoms with Gasteiger partial charge in [0, 0.05) is 11.6 Å². The lowest BCUT2D eigenvalue weighted by atomic mass is 10.1. The smallest absolute Gasteiger partial charge is 0.429 e. The number of benzene rings is 2. The van der Waals surface area contributed by atoms with Crippen molar-refractivity contribution in [2.45, 2.75) is 12.3 Å². The van der Waals surface area contributed by atoms with E-state index in [1.165, 1.54) is 24.3 Å². The van der Waals surface area contributed by atoms with Gasteiger partial charge in [0.25, 0.3) is 0 Å². The Bertz CT molecular complexity index is 868. The summed E-state index contributed by atoms with van der Waals surface area (Å²) >= 11 is 11.6. The van der Waals surface area contributed by atoms with Crippen molar-refractivity contribution >= 4 is 35.0 Å². The van der Waals surface area contributed by atoms with Crippen molar-refractivity contribution in [1.82, 2.24) is 0 Å². The summed E-state index contributed by atoms with van der Waals surface area (Å²) in [6, 6.07) is 5.47. The maximum atomic E-state index is 14.2. The number of fused-ring (bicyclic) bond motifs is 1. The van der Waals surface area contributed by atoms with Gasteiger partial charge in [-0.2, -0.15) is 13.2 Å². The minimum absolute atomic E-state index is 0.0554. The second kappa shape index (κ2) is 6.31. The van der Waals surface area contributed by atoms with Crippen LogP contribution in [0, 0.1) is 5.82 Å². The Balaban J connectivity index is 2.01. The number of halogens is 6. The molecule has 3 nitrogen and oxygen atoms in total. The second-order valence-corrected chi connectivity index (χ2v) is 5.90. The number of anilines is 1. The number of rotatable bonds is 2. The van der Waals surface area contributed by atoms with E-state index in [-0.39, 0.29) is 28.0 Å². The zero-order valence-corrected chi connectivity index (χ0v) is 13.7. The zero-order valence-electron chi connectivity index (χ0n) is 12.2. The lowest BCUT2D eigenvalue weighted by Gasteiger charge is -2.25. The molecule has 0 spiro atoms. The van der Waals surface area contributed by atoms with Crippen LogP contribution in [0.25, 0.3) is 6.08 Å². The molecule has 1 aliphatic heterocycles. The molecule has 132 valence electrons. The summed E-state index contributed by atoms with van der Waals surface area (Å²) in [5.74, 6) is -1.66. The third-order valence-corrected chi connectivity index (χ3v) is 4.09. The van der Waals surface area contributed by atoms with Gasteiger partial charge in [0.1, 0.15) is 5.02 Å². The molecule has 0 bridgehead atoms. The molecule has 1 unspecified atom stereocenters. The molecule has 0 amide bonds. The highest BCUT2D eigenvalue weighted by molar-refractivity contribution is 6.39. The first-order valence-corrected chi connectivity index (χ1v) is 7.59. The largest absolute Gasteiger partial charge is 0.472 e. The maximum Gasteiger partial charge on any atom is 0.429 e. The monoisotopic (exact) mass is 393 g/mol. The van der Waals surface area contributed by atoms with Crippen molar-refractivity contribution in [3.8, 4) is 17.2 Å². The second-order valence-electron chi connectivity index (χ2n) is 5.11. The highest BCUT2D eigenvalue weighted by atomic mass is 35.5. The van der Waals surface area contributed by atoms with Gasteiger partial charge in [0.15, 0.2) is 23.1 Å². The van der Waals surface area contributed by atoms with Crippen LogP contribution in [0.4, 0.5) is 23.2 Å². The molecule has 1 heterocycles. The van der Waals surface area contributed by atoms with Crippen molar-refractivity contribution in [3.63, 3.8) is 0 Å². The van der Waals surface area contributed by atoms with E-state index in [0.29, 0.717) is 5.56 Å². The highest BCUT2D eigenvalue weighted by Gasteiger charge is 2.42. The normalized spacial score (nSPS) is 16.3. The van der Waals surface area contributed by atoms with Gasteiger partial charge in [-0.25, -0.2) is 4.39 Å². The molecule has 0 fully saturated rings.